The van der Waals surface area contributed by atoms with Crippen LogP contribution in [-0.2, 0) is 16.0 Å². The van der Waals surface area contributed by atoms with E-state index in [0.29, 0.717) is 12.1 Å². The Morgan fingerprint density at radius 3 is 2.84 bits per heavy atom. The number of aromatic nitrogens is 1. The Balaban J connectivity index is 1.61. The van der Waals surface area contributed by atoms with Crippen molar-refractivity contribution < 1.29 is 9.47 Å². The third kappa shape index (κ3) is 3.14. The van der Waals surface area contributed by atoms with Gasteiger partial charge in [0.05, 0.1) is 26.4 Å². The van der Waals surface area contributed by atoms with Crippen LogP contribution < -0.4 is 0 Å². The van der Waals surface area contributed by atoms with Gasteiger partial charge in [0.15, 0.2) is 0 Å². The van der Waals surface area contributed by atoms with Gasteiger partial charge in [-0.05, 0) is 0 Å². The first kappa shape index (κ1) is 13.5. The number of morpholine rings is 1. The molecule has 0 N–H and O–H groups in total. The molecule has 2 bridgehead atoms. The maximum Gasteiger partial charge on any atom is 0.107 e. The van der Waals surface area contributed by atoms with E-state index in [0.717, 1.165) is 46.0 Å². The third-order valence-electron chi connectivity index (χ3n) is 3.89. The second-order valence-corrected chi connectivity index (χ2v) is 6.17. The Bertz CT molecular complexity index is 373. The first-order valence-electron chi connectivity index (χ1n) is 6.80. The van der Waals surface area contributed by atoms with E-state index < -0.39 is 0 Å². The van der Waals surface area contributed by atoms with Gasteiger partial charge in [-0.2, -0.15) is 0 Å². The molecule has 19 heavy (non-hydrogen) atoms. The number of hydrogen-bond acceptors (Lipinski definition) is 6. The van der Waals surface area contributed by atoms with Crippen LogP contribution in [0.5, 0.6) is 0 Å². The molecule has 0 saturated carbocycles. The summed E-state index contributed by atoms with van der Waals surface area (Å²) in [6.45, 7) is 6.62. The molecule has 2 atom stereocenters. The smallest absolute Gasteiger partial charge is 0.107 e. The molecule has 0 spiro atoms. The predicted octanol–water partition coefficient (Wildman–Crippen LogP) is 0.674. The number of piperazine rings is 1. The van der Waals surface area contributed by atoms with Crippen molar-refractivity contribution in [2.75, 3.05) is 46.6 Å². The van der Waals surface area contributed by atoms with Gasteiger partial charge in [-0.15, -0.1) is 11.3 Å². The van der Waals surface area contributed by atoms with Gasteiger partial charge in [0.2, 0.25) is 0 Å². The van der Waals surface area contributed by atoms with E-state index in [1.165, 1.54) is 5.01 Å². The van der Waals surface area contributed by atoms with Gasteiger partial charge in [0.1, 0.15) is 5.01 Å². The molecule has 0 aromatic carbocycles. The van der Waals surface area contributed by atoms with E-state index >= 15 is 0 Å². The molecule has 0 radical (unpaired) electrons. The normalized spacial score (nSPS) is 28.7. The summed E-state index contributed by atoms with van der Waals surface area (Å²) in [6.07, 6.45) is 1.89. The van der Waals surface area contributed by atoms with Gasteiger partial charge in [-0.3, -0.25) is 9.80 Å². The Morgan fingerprint density at radius 2 is 2.21 bits per heavy atom. The van der Waals surface area contributed by atoms with Crippen LogP contribution in [0.1, 0.15) is 5.01 Å². The molecule has 0 aliphatic carbocycles. The van der Waals surface area contributed by atoms with Gasteiger partial charge >= 0.3 is 0 Å². The van der Waals surface area contributed by atoms with Gasteiger partial charge in [0, 0.05) is 50.4 Å². The first-order chi connectivity index (χ1) is 9.36. The van der Waals surface area contributed by atoms with Crippen LogP contribution in [0.25, 0.3) is 0 Å². The number of fused-ring (bicyclic) bond motifs is 2. The fourth-order valence-corrected chi connectivity index (χ4v) is 3.69. The summed E-state index contributed by atoms with van der Waals surface area (Å²) >= 11 is 1.74. The molecule has 2 aliphatic rings. The van der Waals surface area contributed by atoms with Crippen molar-refractivity contribution in [3.63, 3.8) is 0 Å². The quantitative estimate of drug-likeness (QED) is 0.794. The SMILES string of the molecule is COCCN1C2COCC1CN(Cc1nccs1)C2. The average molecular weight is 283 g/mol. The number of ether oxygens (including phenoxy) is 2. The van der Waals surface area contributed by atoms with Gasteiger partial charge < -0.3 is 9.47 Å². The van der Waals surface area contributed by atoms with Crippen LogP contribution in [0.4, 0.5) is 0 Å². The second kappa shape index (κ2) is 6.28. The van der Waals surface area contributed by atoms with E-state index in [1.807, 2.05) is 11.6 Å². The fourth-order valence-electron chi connectivity index (χ4n) is 3.03. The van der Waals surface area contributed by atoms with Crippen molar-refractivity contribution in [2.45, 2.75) is 18.6 Å². The highest BCUT2D eigenvalue weighted by atomic mass is 32.1. The van der Waals surface area contributed by atoms with Crippen molar-refractivity contribution in [2.24, 2.45) is 0 Å². The van der Waals surface area contributed by atoms with Crippen LogP contribution in [0.3, 0.4) is 0 Å². The highest BCUT2D eigenvalue weighted by Gasteiger charge is 2.37. The summed E-state index contributed by atoms with van der Waals surface area (Å²) in [5.41, 5.74) is 0. The molecular formula is C13H21N3O2S. The molecular weight excluding hydrogens is 262 g/mol. The number of thiazole rings is 1. The summed E-state index contributed by atoms with van der Waals surface area (Å²) in [4.78, 5) is 9.46. The van der Waals surface area contributed by atoms with Crippen molar-refractivity contribution in [3.8, 4) is 0 Å². The maximum atomic E-state index is 5.71. The zero-order valence-corrected chi connectivity index (χ0v) is 12.1. The van der Waals surface area contributed by atoms with Crippen LogP contribution in [-0.4, -0.2) is 73.4 Å². The van der Waals surface area contributed by atoms with Gasteiger partial charge in [0.25, 0.3) is 0 Å². The highest BCUT2D eigenvalue weighted by molar-refractivity contribution is 7.09. The lowest BCUT2D eigenvalue weighted by atomic mass is 10.0. The Morgan fingerprint density at radius 1 is 1.42 bits per heavy atom. The summed E-state index contributed by atoms with van der Waals surface area (Å²) in [5, 5.41) is 3.26. The highest BCUT2D eigenvalue weighted by Crippen LogP contribution is 2.22. The second-order valence-electron chi connectivity index (χ2n) is 5.20. The standard InChI is InChI=1S/C13H21N3O2S/c1-17-4-3-16-11-6-15(7-12(16)10-18-9-11)8-13-14-2-5-19-13/h2,5,11-12H,3-4,6-10H2,1H3. The van der Waals surface area contributed by atoms with E-state index in [1.54, 1.807) is 18.4 Å². The summed E-state index contributed by atoms with van der Waals surface area (Å²) < 4.78 is 10.9. The summed E-state index contributed by atoms with van der Waals surface area (Å²) in [5.74, 6) is 0. The number of hydrogen-bond donors (Lipinski definition) is 0. The average Bonchev–Trinajstić information content (AvgIpc) is 2.89. The molecule has 1 aromatic heterocycles. The molecule has 6 heteroatoms. The van der Waals surface area contributed by atoms with Gasteiger partial charge in [-0.1, -0.05) is 0 Å². The van der Waals surface area contributed by atoms with Crippen LogP contribution in [0, 0.1) is 0 Å². The fraction of sp³-hybridized carbons (Fsp3) is 0.769. The third-order valence-corrected chi connectivity index (χ3v) is 4.66. The lowest BCUT2D eigenvalue weighted by Gasteiger charge is -2.49. The van der Waals surface area contributed by atoms with Crippen molar-refractivity contribution in [1.82, 2.24) is 14.8 Å². The number of methoxy groups -OCH3 is 1. The lowest BCUT2D eigenvalue weighted by Crippen LogP contribution is -2.64. The zero-order valence-electron chi connectivity index (χ0n) is 11.3. The number of rotatable bonds is 5. The molecule has 0 amide bonds. The minimum atomic E-state index is 0.502. The zero-order chi connectivity index (χ0) is 13.1. The minimum absolute atomic E-state index is 0.502. The Kier molecular flexibility index (Phi) is 4.45. The van der Waals surface area contributed by atoms with Crippen LogP contribution >= 0.6 is 11.3 Å². The van der Waals surface area contributed by atoms with Crippen LogP contribution in [0.2, 0.25) is 0 Å². The molecule has 3 heterocycles. The predicted molar refractivity (Wildman–Crippen MR) is 74.4 cm³/mol. The first-order valence-corrected chi connectivity index (χ1v) is 7.68. The lowest BCUT2D eigenvalue weighted by molar-refractivity contribution is -0.104. The van der Waals surface area contributed by atoms with Crippen molar-refractivity contribution >= 4 is 11.3 Å². The molecule has 3 rings (SSSR count). The van der Waals surface area contributed by atoms with Crippen molar-refractivity contribution in [1.29, 1.82) is 0 Å². The van der Waals surface area contributed by atoms with E-state index in [2.05, 4.69) is 14.8 Å². The molecule has 2 aliphatic heterocycles. The maximum absolute atomic E-state index is 5.71. The molecule has 106 valence electrons. The molecule has 2 saturated heterocycles. The molecule has 1 aromatic rings. The summed E-state index contributed by atoms with van der Waals surface area (Å²) in [6, 6.07) is 1.00. The van der Waals surface area contributed by atoms with E-state index in [-0.39, 0.29) is 0 Å². The van der Waals surface area contributed by atoms with E-state index in [4.69, 9.17) is 9.47 Å². The Hall–Kier alpha value is -0.530. The minimum Gasteiger partial charge on any atom is -0.383 e. The molecule has 2 fully saturated rings. The van der Waals surface area contributed by atoms with Crippen LogP contribution in [0.15, 0.2) is 11.6 Å². The largest absolute Gasteiger partial charge is 0.383 e. The van der Waals surface area contributed by atoms with Crippen molar-refractivity contribution in [3.05, 3.63) is 16.6 Å². The van der Waals surface area contributed by atoms with Gasteiger partial charge in [-0.25, -0.2) is 4.98 Å². The Labute approximate surface area is 118 Å². The molecule has 5 nitrogen and oxygen atoms in total. The number of nitrogens with zero attached hydrogens (tertiary/aromatic N) is 3. The topological polar surface area (TPSA) is 37.8 Å². The van der Waals surface area contributed by atoms with E-state index in [9.17, 15) is 0 Å². The molecule has 2 unspecified atom stereocenters. The monoisotopic (exact) mass is 283 g/mol. The summed E-state index contributed by atoms with van der Waals surface area (Å²) in [7, 11) is 1.77.